The van der Waals surface area contributed by atoms with Gasteiger partial charge in [0.25, 0.3) is 0 Å². The summed E-state index contributed by atoms with van der Waals surface area (Å²) in [7, 11) is 0. The summed E-state index contributed by atoms with van der Waals surface area (Å²) >= 11 is 3.57. The fourth-order valence-electron chi connectivity index (χ4n) is 2.72. The number of halogens is 1. The molecule has 5 nitrogen and oxygen atoms in total. The van der Waals surface area contributed by atoms with Crippen molar-refractivity contribution in [2.75, 3.05) is 5.75 Å². The highest BCUT2D eigenvalue weighted by molar-refractivity contribution is 14.1. The van der Waals surface area contributed by atoms with Gasteiger partial charge in [-0.1, -0.05) is 30.0 Å². The van der Waals surface area contributed by atoms with Gasteiger partial charge in [0.1, 0.15) is 5.58 Å². The predicted octanol–water partition coefficient (Wildman–Crippen LogP) is 4.87. The van der Waals surface area contributed by atoms with Gasteiger partial charge in [0.15, 0.2) is 5.16 Å². The van der Waals surface area contributed by atoms with Crippen LogP contribution in [0.3, 0.4) is 0 Å². The molecule has 0 fully saturated rings. The van der Waals surface area contributed by atoms with E-state index in [0.717, 1.165) is 14.6 Å². The van der Waals surface area contributed by atoms with Crippen LogP contribution in [0.1, 0.15) is 0 Å². The van der Waals surface area contributed by atoms with Gasteiger partial charge in [0.05, 0.1) is 23.1 Å². The molecule has 0 unspecified atom stereocenters. The Hall–Kier alpha value is -2.57. The standard InChI is InChI=1S/C20H12IN3O2S/c21-14-5-7-15(8-6-14)24-12-17(23-20(24)27-10-9-22)16-11-13-3-1-2-4-18(13)26-19(16)25/h1-8,11-12H,10H2. The van der Waals surface area contributed by atoms with E-state index >= 15 is 0 Å². The second-order valence-corrected chi connectivity index (χ2v) is 7.88. The van der Waals surface area contributed by atoms with Gasteiger partial charge in [0, 0.05) is 20.8 Å². The third-order valence-electron chi connectivity index (χ3n) is 3.96. The normalized spacial score (nSPS) is 10.8. The quantitative estimate of drug-likeness (QED) is 0.235. The fraction of sp³-hybridized carbons (Fsp3) is 0.0500. The molecule has 0 atom stereocenters. The number of rotatable bonds is 4. The number of aromatic nitrogens is 2. The van der Waals surface area contributed by atoms with Crippen LogP contribution < -0.4 is 5.63 Å². The lowest BCUT2D eigenvalue weighted by molar-refractivity contribution is 0.563. The van der Waals surface area contributed by atoms with Gasteiger partial charge in [-0.05, 0) is 59.0 Å². The Bertz CT molecular complexity index is 1220. The Balaban J connectivity index is 1.86. The molecular weight excluding hydrogens is 473 g/mol. The van der Waals surface area contributed by atoms with Crippen molar-refractivity contribution in [1.82, 2.24) is 9.55 Å². The van der Waals surface area contributed by atoms with E-state index in [9.17, 15) is 4.79 Å². The van der Waals surface area contributed by atoms with Crippen LogP contribution in [-0.4, -0.2) is 15.3 Å². The molecule has 0 bridgehead atoms. The monoisotopic (exact) mass is 485 g/mol. The minimum atomic E-state index is -0.433. The lowest BCUT2D eigenvalue weighted by Gasteiger charge is -2.05. The highest BCUT2D eigenvalue weighted by atomic mass is 127. The van der Waals surface area contributed by atoms with Crippen LogP contribution >= 0.6 is 34.4 Å². The molecule has 0 radical (unpaired) electrons. The maximum Gasteiger partial charge on any atom is 0.345 e. The molecule has 4 aromatic rings. The van der Waals surface area contributed by atoms with Gasteiger partial charge in [-0.2, -0.15) is 5.26 Å². The fourth-order valence-corrected chi connectivity index (χ4v) is 3.73. The number of hydrogen-bond donors (Lipinski definition) is 0. The summed E-state index contributed by atoms with van der Waals surface area (Å²) < 4.78 is 8.45. The van der Waals surface area contributed by atoms with E-state index in [0.29, 0.717) is 22.0 Å². The van der Waals surface area contributed by atoms with Crippen LogP contribution in [0.5, 0.6) is 0 Å². The van der Waals surface area contributed by atoms with E-state index in [2.05, 4.69) is 33.6 Å². The molecule has 0 aliphatic heterocycles. The maximum absolute atomic E-state index is 12.5. The Morgan fingerprint density at radius 3 is 2.74 bits per heavy atom. The van der Waals surface area contributed by atoms with Crippen molar-refractivity contribution in [2.45, 2.75) is 5.16 Å². The maximum atomic E-state index is 12.5. The summed E-state index contributed by atoms with van der Waals surface area (Å²) in [5.74, 6) is 0.271. The summed E-state index contributed by atoms with van der Waals surface area (Å²) in [6, 6.07) is 19.2. The molecule has 7 heteroatoms. The molecule has 0 aliphatic rings. The van der Waals surface area contributed by atoms with Gasteiger partial charge in [0.2, 0.25) is 0 Å². The zero-order valence-electron chi connectivity index (χ0n) is 13.9. The number of hydrogen-bond acceptors (Lipinski definition) is 5. The van der Waals surface area contributed by atoms with E-state index in [4.69, 9.17) is 9.68 Å². The highest BCUT2D eigenvalue weighted by Gasteiger charge is 2.16. The summed E-state index contributed by atoms with van der Waals surface area (Å²) in [5, 5.41) is 10.4. The summed E-state index contributed by atoms with van der Waals surface area (Å²) in [4.78, 5) is 17.1. The second-order valence-electron chi connectivity index (χ2n) is 5.69. The lowest BCUT2D eigenvalue weighted by atomic mass is 10.1. The second kappa shape index (κ2) is 7.58. The molecule has 0 saturated heterocycles. The zero-order chi connectivity index (χ0) is 18.8. The Morgan fingerprint density at radius 1 is 1.19 bits per heavy atom. The smallest absolute Gasteiger partial charge is 0.345 e. The van der Waals surface area contributed by atoms with Crippen LogP contribution in [0.2, 0.25) is 0 Å². The number of imidazole rings is 1. The van der Waals surface area contributed by atoms with Gasteiger partial charge in [-0.3, -0.25) is 4.57 Å². The van der Waals surface area contributed by atoms with Crippen LogP contribution in [0, 0.1) is 14.9 Å². The molecule has 2 heterocycles. The van der Waals surface area contributed by atoms with E-state index < -0.39 is 5.63 Å². The van der Waals surface area contributed by atoms with Crippen molar-refractivity contribution in [1.29, 1.82) is 5.26 Å². The average molecular weight is 485 g/mol. The van der Waals surface area contributed by atoms with Gasteiger partial charge in [-0.15, -0.1) is 0 Å². The highest BCUT2D eigenvalue weighted by Crippen LogP contribution is 2.27. The topological polar surface area (TPSA) is 71.8 Å². The molecule has 2 aromatic carbocycles. The predicted molar refractivity (Wildman–Crippen MR) is 114 cm³/mol. The minimum Gasteiger partial charge on any atom is -0.422 e. The molecular formula is C20H12IN3O2S. The van der Waals surface area contributed by atoms with Gasteiger partial charge < -0.3 is 4.42 Å². The molecule has 132 valence electrons. The Labute approximate surface area is 172 Å². The zero-order valence-corrected chi connectivity index (χ0v) is 16.9. The number of para-hydroxylation sites is 1. The van der Waals surface area contributed by atoms with Crippen molar-refractivity contribution in [3.8, 4) is 23.0 Å². The number of benzene rings is 2. The summed E-state index contributed by atoms with van der Waals surface area (Å²) in [6.45, 7) is 0. The van der Waals surface area contributed by atoms with Gasteiger partial charge in [-0.25, -0.2) is 9.78 Å². The number of nitrogens with zero attached hydrogens (tertiary/aromatic N) is 3. The Morgan fingerprint density at radius 2 is 1.96 bits per heavy atom. The van der Waals surface area contributed by atoms with Crippen LogP contribution in [0.4, 0.5) is 0 Å². The molecule has 0 amide bonds. The van der Waals surface area contributed by atoms with Gasteiger partial charge >= 0.3 is 5.63 Å². The molecule has 4 rings (SSSR count). The van der Waals surface area contributed by atoms with Crippen LogP contribution in [0.25, 0.3) is 27.9 Å². The number of thioether (sulfide) groups is 1. The Kier molecular flexibility index (Phi) is 5.01. The first-order valence-electron chi connectivity index (χ1n) is 8.04. The summed E-state index contributed by atoms with van der Waals surface area (Å²) in [5.41, 5.74) is 1.95. The molecule has 0 aliphatic carbocycles. The first-order chi connectivity index (χ1) is 13.2. The average Bonchev–Trinajstić information content (AvgIpc) is 3.10. The van der Waals surface area contributed by atoms with Crippen molar-refractivity contribution < 1.29 is 4.42 Å². The SMILES string of the molecule is N#CCSc1nc(-c2cc3ccccc3oc2=O)cn1-c1ccc(I)cc1. The number of fused-ring (bicyclic) bond motifs is 1. The summed E-state index contributed by atoms with van der Waals surface area (Å²) in [6.07, 6.45) is 1.81. The van der Waals surface area contributed by atoms with Crippen LogP contribution in [0.15, 0.2) is 75.2 Å². The molecule has 0 N–H and O–H groups in total. The first-order valence-corrected chi connectivity index (χ1v) is 10.1. The molecule has 27 heavy (non-hydrogen) atoms. The van der Waals surface area contributed by atoms with Crippen LogP contribution in [-0.2, 0) is 0 Å². The van der Waals surface area contributed by atoms with E-state index in [1.54, 1.807) is 12.1 Å². The van der Waals surface area contributed by atoms with Crippen molar-refractivity contribution in [2.24, 2.45) is 0 Å². The van der Waals surface area contributed by atoms with Crippen molar-refractivity contribution in [3.63, 3.8) is 0 Å². The molecule has 0 spiro atoms. The first kappa shape index (κ1) is 17.8. The van der Waals surface area contributed by atoms with Crippen molar-refractivity contribution in [3.05, 3.63) is 74.8 Å². The third kappa shape index (κ3) is 3.63. The van der Waals surface area contributed by atoms with E-state index in [1.165, 1.54) is 11.8 Å². The largest absolute Gasteiger partial charge is 0.422 e. The van der Waals surface area contributed by atoms with Crippen molar-refractivity contribution >= 4 is 45.3 Å². The lowest BCUT2D eigenvalue weighted by Crippen LogP contribution is -2.02. The third-order valence-corrected chi connectivity index (χ3v) is 5.50. The minimum absolute atomic E-state index is 0.271. The number of nitriles is 1. The van der Waals surface area contributed by atoms with E-state index in [-0.39, 0.29) is 5.75 Å². The van der Waals surface area contributed by atoms with E-state index in [1.807, 2.05) is 53.2 Å². The molecule has 2 aromatic heterocycles. The molecule has 0 saturated carbocycles.